The van der Waals surface area contributed by atoms with Gasteiger partial charge in [-0.15, -0.1) is 0 Å². The number of carboxylic acids is 1. The average molecular weight is 335 g/mol. The molecule has 1 atom stereocenters. The lowest BCUT2D eigenvalue weighted by molar-refractivity contribution is -0.180. The molecule has 0 aliphatic carbocycles. The first-order valence-corrected chi connectivity index (χ1v) is 7.75. The van der Waals surface area contributed by atoms with Crippen LogP contribution in [0.2, 0.25) is 0 Å². The van der Waals surface area contributed by atoms with Gasteiger partial charge in [0.2, 0.25) is 11.5 Å². The highest BCUT2D eigenvalue weighted by Crippen LogP contribution is 2.25. The van der Waals surface area contributed by atoms with E-state index in [1.165, 1.54) is 4.90 Å². The second-order valence-corrected chi connectivity index (χ2v) is 5.73. The normalized spacial score (nSPS) is 17.0. The second-order valence-electron chi connectivity index (χ2n) is 5.73. The van der Waals surface area contributed by atoms with Crippen LogP contribution in [-0.4, -0.2) is 59.8 Å². The zero-order valence-electron chi connectivity index (χ0n) is 13.6. The molecule has 0 aromatic heterocycles. The summed E-state index contributed by atoms with van der Waals surface area (Å²) in [4.78, 5) is 37.4. The van der Waals surface area contributed by atoms with Gasteiger partial charge in [-0.3, -0.25) is 9.59 Å². The maximum atomic E-state index is 12.5. The number of amides is 1. The molecule has 1 unspecified atom stereocenters. The molecule has 0 bridgehead atoms. The van der Waals surface area contributed by atoms with Gasteiger partial charge in [-0.1, -0.05) is 30.3 Å². The minimum atomic E-state index is -1.91. The summed E-state index contributed by atoms with van der Waals surface area (Å²) < 4.78 is 10.3. The van der Waals surface area contributed by atoms with E-state index in [4.69, 9.17) is 9.47 Å². The molecule has 7 heteroatoms. The van der Waals surface area contributed by atoms with E-state index in [0.717, 1.165) is 6.92 Å². The highest BCUT2D eigenvalue weighted by molar-refractivity contribution is 5.89. The lowest BCUT2D eigenvalue weighted by Gasteiger charge is -2.33. The first kappa shape index (κ1) is 17.9. The number of benzene rings is 1. The summed E-state index contributed by atoms with van der Waals surface area (Å²) in [6.07, 6.45) is -0.477. The topological polar surface area (TPSA) is 93.1 Å². The van der Waals surface area contributed by atoms with Crippen molar-refractivity contribution >= 4 is 17.8 Å². The third-order valence-electron chi connectivity index (χ3n) is 3.86. The number of morpholine rings is 1. The van der Waals surface area contributed by atoms with Crippen LogP contribution in [-0.2, 0) is 30.3 Å². The minimum Gasteiger partial charge on any atom is -0.478 e. The van der Waals surface area contributed by atoms with E-state index in [9.17, 15) is 19.5 Å². The first-order chi connectivity index (χ1) is 11.4. The molecule has 1 aliphatic heterocycles. The Labute approximate surface area is 140 Å². The largest absolute Gasteiger partial charge is 0.478 e. The quantitative estimate of drug-likeness (QED) is 0.775. The molecule has 1 aliphatic rings. The average Bonchev–Trinajstić information content (AvgIpc) is 2.55. The van der Waals surface area contributed by atoms with Crippen molar-refractivity contribution in [1.29, 1.82) is 0 Å². The number of rotatable bonds is 6. The van der Waals surface area contributed by atoms with Crippen molar-refractivity contribution in [1.82, 2.24) is 4.90 Å². The summed E-state index contributed by atoms with van der Waals surface area (Å²) >= 11 is 0. The molecule has 1 N–H and O–H groups in total. The molecule has 24 heavy (non-hydrogen) atoms. The third kappa shape index (κ3) is 4.55. The van der Waals surface area contributed by atoms with Crippen molar-refractivity contribution < 1.29 is 29.0 Å². The monoisotopic (exact) mass is 335 g/mol. The molecule has 1 fully saturated rings. The van der Waals surface area contributed by atoms with E-state index in [2.05, 4.69) is 0 Å². The number of hydrogen-bond acceptors (Lipinski definition) is 5. The van der Waals surface area contributed by atoms with E-state index >= 15 is 0 Å². The van der Waals surface area contributed by atoms with E-state index in [0.29, 0.717) is 31.9 Å². The number of carboxylic acid groups (broad SMARTS) is 1. The number of carbonyl (C=O) groups is 3. The molecule has 1 amide bonds. The van der Waals surface area contributed by atoms with Crippen molar-refractivity contribution in [3.05, 3.63) is 35.9 Å². The maximum Gasteiger partial charge on any atom is 0.349 e. The SMILES string of the molecule is CC(=O)OC(CC(=O)N1CCOCC1)(Cc1ccccc1)C(=O)O. The van der Waals surface area contributed by atoms with Crippen molar-refractivity contribution in [2.75, 3.05) is 26.3 Å². The summed E-state index contributed by atoms with van der Waals surface area (Å²) in [6, 6.07) is 8.80. The van der Waals surface area contributed by atoms with Crippen LogP contribution in [0, 0.1) is 0 Å². The van der Waals surface area contributed by atoms with Crippen LogP contribution >= 0.6 is 0 Å². The summed E-state index contributed by atoms with van der Waals surface area (Å²) in [7, 11) is 0. The van der Waals surface area contributed by atoms with Gasteiger partial charge < -0.3 is 19.5 Å². The Balaban J connectivity index is 2.24. The van der Waals surface area contributed by atoms with E-state index in [-0.39, 0.29) is 12.3 Å². The number of ether oxygens (including phenoxy) is 2. The van der Waals surface area contributed by atoms with Crippen molar-refractivity contribution in [3.8, 4) is 0 Å². The van der Waals surface area contributed by atoms with Gasteiger partial charge in [0.25, 0.3) is 0 Å². The second kappa shape index (κ2) is 7.92. The van der Waals surface area contributed by atoms with Gasteiger partial charge >= 0.3 is 11.9 Å². The summed E-state index contributed by atoms with van der Waals surface area (Å²) in [5.41, 5.74) is -1.24. The number of carbonyl (C=O) groups excluding carboxylic acids is 2. The van der Waals surface area contributed by atoms with E-state index in [1.807, 2.05) is 0 Å². The Kier molecular flexibility index (Phi) is 5.92. The number of hydrogen-bond donors (Lipinski definition) is 1. The third-order valence-corrected chi connectivity index (χ3v) is 3.86. The molecule has 0 spiro atoms. The molecule has 2 rings (SSSR count). The lowest BCUT2D eigenvalue weighted by Crippen LogP contribution is -2.51. The fraction of sp³-hybridized carbons (Fsp3) is 0.471. The van der Waals surface area contributed by atoms with E-state index < -0.39 is 24.0 Å². The molecular weight excluding hydrogens is 314 g/mol. The van der Waals surface area contributed by atoms with Gasteiger partial charge in [-0.2, -0.15) is 0 Å². The standard InChI is InChI=1S/C17H21NO6/c1-13(19)24-17(16(21)22,11-14-5-3-2-4-6-14)12-15(20)18-7-9-23-10-8-18/h2-6H,7-12H2,1H3,(H,21,22). The Morgan fingerprint density at radius 1 is 1.21 bits per heavy atom. The predicted octanol–water partition coefficient (Wildman–Crippen LogP) is 0.864. The minimum absolute atomic E-state index is 0.0706. The fourth-order valence-corrected chi connectivity index (χ4v) is 2.70. The summed E-state index contributed by atoms with van der Waals surface area (Å²) in [5.74, 6) is -2.43. The Morgan fingerprint density at radius 3 is 2.38 bits per heavy atom. The van der Waals surface area contributed by atoms with Crippen LogP contribution < -0.4 is 0 Å². The lowest BCUT2D eigenvalue weighted by atomic mass is 9.90. The molecule has 1 aromatic rings. The number of nitrogens with zero attached hydrogens (tertiary/aromatic N) is 1. The highest BCUT2D eigenvalue weighted by atomic mass is 16.6. The van der Waals surface area contributed by atoms with Gasteiger partial charge in [0.15, 0.2) is 0 Å². The molecule has 1 saturated heterocycles. The number of esters is 1. The van der Waals surface area contributed by atoms with Gasteiger partial charge in [-0.05, 0) is 5.56 Å². The van der Waals surface area contributed by atoms with Crippen LogP contribution in [0.25, 0.3) is 0 Å². The fourth-order valence-electron chi connectivity index (χ4n) is 2.70. The summed E-state index contributed by atoms with van der Waals surface area (Å²) in [5, 5.41) is 9.71. The Bertz CT molecular complexity index is 596. The van der Waals surface area contributed by atoms with Crippen LogP contribution in [0.1, 0.15) is 18.9 Å². The molecular formula is C17H21NO6. The van der Waals surface area contributed by atoms with Crippen LogP contribution in [0.5, 0.6) is 0 Å². The van der Waals surface area contributed by atoms with Crippen LogP contribution in [0.15, 0.2) is 30.3 Å². The molecule has 7 nitrogen and oxygen atoms in total. The molecule has 130 valence electrons. The maximum absolute atomic E-state index is 12.5. The molecule has 0 saturated carbocycles. The molecule has 0 radical (unpaired) electrons. The Morgan fingerprint density at radius 2 is 1.83 bits per heavy atom. The molecule has 1 aromatic carbocycles. The number of aliphatic carboxylic acids is 1. The van der Waals surface area contributed by atoms with Crippen molar-refractivity contribution in [3.63, 3.8) is 0 Å². The smallest absolute Gasteiger partial charge is 0.349 e. The zero-order valence-corrected chi connectivity index (χ0v) is 13.6. The van der Waals surface area contributed by atoms with Gasteiger partial charge in [0, 0.05) is 26.4 Å². The Hall–Kier alpha value is -2.41. The van der Waals surface area contributed by atoms with Crippen molar-refractivity contribution in [2.24, 2.45) is 0 Å². The zero-order chi connectivity index (χ0) is 17.6. The highest BCUT2D eigenvalue weighted by Gasteiger charge is 2.45. The van der Waals surface area contributed by atoms with Gasteiger partial charge in [-0.25, -0.2) is 4.79 Å². The van der Waals surface area contributed by atoms with Crippen molar-refractivity contribution in [2.45, 2.75) is 25.4 Å². The van der Waals surface area contributed by atoms with Crippen LogP contribution in [0.4, 0.5) is 0 Å². The van der Waals surface area contributed by atoms with Gasteiger partial charge in [0.05, 0.1) is 19.6 Å². The summed E-state index contributed by atoms with van der Waals surface area (Å²) in [6.45, 7) is 2.78. The van der Waals surface area contributed by atoms with Gasteiger partial charge in [0.1, 0.15) is 0 Å². The van der Waals surface area contributed by atoms with Crippen LogP contribution in [0.3, 0.4) is 0 Å². The predicted molar refractivity (Wildman–Crippen MR) is 84.3 cm³/mol. The van der Waals surface area contributed by atoms with E-state index in [1.54, 1.807) is 30.3 Å². The first-order valence-electron chi connectivity index (χ1n) is 7.75. The molecule has 1 heterocycles.